The van der Waals surface area contributed by atoms with E-state index in [2.05, 4.69) is 5.43 Å². The number of methoxy groups -OCH3 is 1. The van der Waals surface area contributed by atoms with E-state index in [0.717, 1.165) is 5.56 Å². The third-order valence-electron chi connectivity index (χ3n) is 2.78. The summed E-state index contributed by atoms with van der Waals surface area (Å²) in [7, 11) is 1.57. The molecule has 0 aliphatic rings. The minimum atomic E-state index is -0.178. The molecule has 0 aliphatic carbocycles. The summed E-state index contributed by atoms with van der Waals surface area (Å²) < 4.78 is 4.97. The predicted octanol–water partition coefficient (Wildman–Crippen LogP) is 0.362. The highest BCUT2D eigenvalue weighted by atomic mass is 16.5. The number of aliphatic hydroxyl groups is 1. The Hall–Kier alpha value is -1.63. The number of carbonyl (C=O) groups is 1. The van der Waals surface area contributed by atoms with Crippen LogP contribution < -0.4 is 11.3 Å². The summed E-state index contributed by atoms with van der Waals surface area (Å²) in [6.45, 7) is 2.92. The zero-order valence-corrected chi connectivity index (χ0v) is 11.3. The summed E-state index contributed by atoms with van der Waals surface area (Å²) >= 11 is 0. The number of nitrogen functional groups attached to an aromatic ring is 1. The molecule has 0 aliphatic heterocycles. The van der Waals surface area contributed by atoms with Gasteiger partial charge < -0.3 is 20.2 Å². The Balaban J connectivity index is 2.97. The van der Waals surface area contributed by atoms with Gasteiger partial charge in [-0.1, -0.05) is 11.6 Å². The van der Waals surface area contributed by atoms with Crippen molar-refractivity contribution in [3.05, 3.63) is 29.3 Å². The van der Waals surface area contributed by atoms with Gasteiger partial charge in [0.2, 0.25) is 0 Å². The van der Waals surface area contributed by atoms with E-state index in [9.17, 15) is 4.79 Å². The summed E-state index contributed by atoms with van der Waals surface area (Å²) in [5.74, 6) is 5.24. The molecule has 0 atom stereocenters. The average Bonchev–Trinajstić information content (AvgIpc) is 2.42. The molecule has 0 radical (unpaired) electrons. The van der Waals surface area contributed by atoms with Crippen molar-refractivity contribution in [1.82, 2.24) is 4.90 Å². The first-order chi connectivity index (χ1) is 9.13. The third-order valence-corrected chi connectivity index (χ3v) is 2.78. The molecule has 0 spiro atoms. The normalized spacial score (nSPS) is 10.3. The maximum absolute atomic E-state index is 12.4. The van der Waals surface area contributed by atoms with Crippen molar-refractivity contribution in [2.75, 3.05) is 38.8 Å². The van der Waals surface area contributed by atoms with Crippen molar-refractivity contribution in [2.24, 2.45) is 5.84 Å². The van der Waals surface area contributed by atoms with Crippen LogP contribution in [0.1, 0.15) is 15.9 Å². The molecule has 6 heteroatoms. The number of carbonyl (C=O) groups excluding carboxylic acids is 1. The van der Waals surface area contributed by atoms with E-state index in [1.54, 1.807) is 24.1 Å². The molecule has 106 valence electrons. The second-order valence-corrected chi connectivity index (χ2v) is 4.20. The highest BCUT2D eigenvalue weighted by molar-refractivity contribution is 5.99. The maximum Gasteiger partial charge on any atom is 0.256 e. The van der Waals surface area contributed by atoms with E-state index >= 15 is 0 Å². The number of hydrazine groups is 1. The first-order valence-electron chi connectivity index (χ1n) is 6.10. The Kier molecular flexibility index (Phi) is 6.27. The molecular weight excluding hydrogens is 246 g/mol. The van der Waals surface area contributed by atoms with Crippen LogP contribution in [0, 0.1) is 6.92 Å². The molecule has 0 unspecified atom stereocenters. The van der Waals surface area contributed by atoms with Crippen molar-refractivity contribution in [1.29, 1.82) is 0 Å². The second-order valence-electron chi connectivity index (χ2n) is 4.20. The topological polar surface area (TPSA) is 87.8 Å². The standard InChI is InChI=1S/C13H21N3O3/c1-10-3-4-12(15-14)11(9-10)13(18)16(5-7-17)6-8-19-2/h3-4,9,15,17H,5-8,14H2,1-2H3. The van der Waals surface area contributed by atoms with E-state index in [1.807, 2.05) is 13.0 Å². The number of ether oxygens (including phenoxy) is 1. The van der Waals surface area contributed by atoms with E-state index in [4.69, 9.17) is 15.7 Å². The van der Waals surface area contributed by atoms with Gasteiger partial charge in [-0.3, -0.25) is 10.6 Å². The Morgan fingerprint density at radius 1 is 1.47 bits per heavy atom. The summed E-state index contributed by atoms with van der Waals surface area (Å²) in [5.41, 5.74) is 4.54. The minimum absolute atomic E-state index is 0.0906. The number of anilines is 1. The molecule has 1 amide bonds. The van der Waals surface area contributed by atoms with Gasteiger partial charge in [0, 0.05) is 20.2 Å². The van der Waals surface area contributed by atoms with Crippen molar-refractivity contribution in [2.45, 2.75) is 6.92 Å². The lowest BCUT2D eigenvalue weighted by Gasteiger charge is -2.22. The predicted molar refractivity (Wildman–Crippen MR) is 73.9 cm³/mol. The lowest BCUT2D eigenvalue weighted by molar-refractivity contribution is 0.0657. The van der Waals surface area contributed by atoms with Gasteiger partial charge in [0.05, 0.1) is 24.5 Å². The van der Waals surface area contributed by atoms with Gasteiger partial charge in [0.25, 0.3) is 5.91 Å². The fraction of sp³-hybridized carbons (Fsp3) is 0.462. The Bertz CT molecular complexity index is 424. The highest BCUT2D eigenvalue weighted by Gasteiger charge is 2.18. The van der Waals surface area contributed by atoms with Crippen molar-refractivity contribution >= 4 is 11.6 Å². The Morgan fingerprint density at radius 3 is 2.79 bits per heavy atom. The molecule has 1 rings (SSSR count). The van der Waals surface area contributed by atoms with Crippen LogP contribution in [-0.4, -0.2) is 49.3 Å². The summed E-state index contributed by atoms with van der Waals surface area (Å²) in [6.07, 6.45) is 0. The maximum atomic E-state index is 12.4. The van der Waals surface area contributed by atoms with Crippen LogP contribution in [0.25, 0.3) is 0 Å². The van der Waals surface area contributed by atoms with Gasteiger partial charge in [0.15, 0.2) is 0 Å². The van der Waals surface area contributed by atoms with Gasteiger partial charge >= 0.3 is 0 Å². The number of amides is 1. The number of nitrogens with zero attached hydrogens (tertiary/aromatic N) is 1. The monoisotopic (exact) mass is 267 g/mol. The molecule has 0 saturated carbocycles. The van der Waals surface area contributed by atoms with Gasteiger partial charge in [-0.2, -0.15) is 0 Å². The molecule has 0 bridgehead atoms. The van der Waals surface area contributed by atoms with E-state index in [1.165, 1.54) is 0 Å². The van der Waals surface area contributed by atoms with Crippen LogP contribution in [-0.2, 0) is 4.74 Å². The molecule has 0 saturated heterocycles. The molecule has 0 aromatic heterocycles. The second kappa shape index (κ2) is 7.73. The average molecular weight is 267 g/mol. The van der Waals surface area contributed by atoms with Gasteiger partial charge in [-0.05, 0) is 19.1 Å². The quantitative estimate of drug-likeness (QED) is 0.490. The number of benzene rings is 1. The number of hydrogen-bond donors (Lipinski definition) is 3. The van der Waals surface area contributed by atoms with E-state index in [-0.39, 0.29) is 19.1 Å². The van der Waals surface area contributed by atoms with Crippen molar-refractivity contribution in [3.8, 4) is 0 Å². The lowest BCUT2D eigenvalue weighted by atomic mass is 10.1. The third kappa shape index (κ3) is 4.20. The Labute approximate surface area is 113 Å². The van der Waals surface area contributed by atoms with Crippen LogP contribution in [0.2, 0.25) is 0 Å². The zero-order valence-electron chi connectivity index (χ0n) is 11.3. The zero-order chi connectivity index (χ0) is 14.3. The number of aryl methyl sites for hydroxylation is 1. The molecule has 19 heavy (non-hydrogen) atoms. The van der Waals surface area contributed by atoms with Crippen LogP contribution >= 0.6 is 0 Å². The van der Waals surface area contributed by atoms with Crippen molar-refractivity contribution in [3.63, 3.8) is 0 Å². The van der Waals surface area contributed by atoms with Crippen LogP contribution in [0.4, 0.5) is 5.69 Å². The smallest absolute Gasteiger partial charge is 0.256 e. The molecule has 0 heterocycles. The van der Waals surface area contributed by atoms with Gasteiger partial charge in [-0.15, -0.1) is 0 Å². The lowest BCUT2D eigenvalue weighted by Crippen LogP contribution is -2.36. The van der Waals surface area contributed by atoms with Crippen molar-refractivity contribution < 1.29 is 14.6 Å². The summed E-state index contributed by atoms with van der Waals surface area (Å²) in [4.78, 5) is 14.0. The number of nitrogens with two attached hydrogens (primary N) is 1. The molecule has 0 fully saturated rings. The molecule has 1 aromatic carbocycles. The van der Waals surface area contributed by atoms with Crippen LogP contribution in [0.15, 0.2) is 18.2 Å². The number of aliphatic hydroxyl groups excluding tert-OH is 1. The summed E-state index contributed by atoms with van der Waals surface area (Å²) in [6, 6.07) is 5.40. The van der Waals surface area contributed by atoms with Crippen LogP contribution in [0.5, 0.6) is 0 Å². The largest absolute Gasteiger partial charge is 0.395 e. The molecule has 1 aromatic rings. The van der Waals surface area contributed by atoms with Gasteiger partial charge in [0.1, 0.15) is 0 Å². The van der Waals surface area contributed by atoms with E-state index in [0.29, 0.717) is 24.4 Å². The number of rotatable bonds is 7. The molecular formula is C13H21N3O3. The SMILES string of the molecule is COCCN(CCO)C(=O)c1cc(C)ccc1NN. The summed E-state index contributed by atoms with van der Waals surface area (Å²) in [5, 5.41) is 9.04. The fourth-order valence-corrected chi connectivity index (χ4v) is 1.77. The van der Waals surface area contributed by atoms with Crippen LogP contribution in [0.3, 0.4) is 0 Å². The first-order valence-corrected chi connectivity index (χ1v) is 6.10. The van der Waals surface area contributed by atoms with E-state index < -0.39 is 0 Å². The number of hydrogen-bond acceptors (Lipinski definition) is 5. The minimum Gasteiger partial charge on any atom is -0.395 e. The first kappa shape index (κ1) is 15.4. The highest BCUT2D eigenvalue weighted by Crippen LogP contribution is 2.18. The number of nitrogens with one attached hydrogen (secondary N) is 1. The fourth-order valence-electron chi connectivity index (χ4n) is 1.77. The Morgan fingerprint density at radius 2 is 2.21 bits per heavy atom. The molecule has 6 nitrogen and oxygen atoms in total. The van der Waals surface area contributed by atoms with Gasteiger partial charge in [-0.25, -0.2) is 0 Å². The molecule has 4 N–H and O–H groups in total.